The van der Waals surface area contributed by atoms with Crippen molar-refractivity contribution < 1.29 is 27.8 Å². The number of carbonyl (C=O) groups is 2. The summed E-state index contributed by atoms with van der Waals surface area (Å²) in [6.45, 7) is -0.994. The van der Waals surface area contributed by atoms with Gasteiger partial charge in [-0.05, 0) is 17.7 Å². The largest absolute Gasteiger partial charge is 0.465 e. The molecule has 110 valence electrons. The van der Waals surface area contributed by atoms with Gasteiger partial charge in [0.1, 0.15) is 6.04 Å². The van der Waals surface area contributed by atoms with Gasteiger partial charge in [0, 0.05) is 0 Å². The van der Waals surface area contributed by atoms with Crippen LogP contribution in [-0.2, 0) is 9.47 Å². The zero-order valence-corrected chi connectivity index (χ0v) is 11.2. The van der Waals surface area contributed by atoms with Crippen LogP contribution in [0.4, 0.5) is 13.6 Å². The number of nitrogens with one attached hydrogen (secondary N) is 1. The zero-order chi connectivity index (χ0) is 14.0. The molecule has 1 saturated heterocycles. The molecule has 0 aromatic heterocycles. The van der Waals surface area contributed by atoms with Crippen molar-refractivity contribution in [2.45, 2.75) is 12.0 Å². The Morgan fingerprint density at radius 1 is 1.50 bits per heavy atom. The van der Waals surface area contributed by atoms with E-state index < -0.39 is 30.6 Å². The number of methoxy groups -OCH3 is 1. The Morgan fingerprint density at radius 2 is 2.20 bits per heavy atom. The Kier molecular flexibility index (Phi) is 4.88. The van der Waals surface area contributed by atoms with Gasteiger partial charge in [-0.25, -0.2) is 18.4 Å². The monoisotopic (exact) mass is 307 g/mol. The van der Waals surface area contributed by atoms with Gasteiger partial charge in [-0.1, -0.05) is 12.1 Å². The molecule has 1 N–H and O–H groups in total. The Bertz CT molecular complexity index is 524. The van der Waals surface area contributed by atoms with E-state index in [0.29, 0.717) is 0 Å². The number of benzene rings is 1. The third-order valence-corrected chi connectivity index (χ3v) is 2.72. The molecule has 1 fully saturated rings. The van der Waals surface area contributed by atoms with Crippen LogP contribution in [0, 0.1) is 0 Å². The topological polar surface area (TPSA) is 64.6 Å². The lowest BCUT2D eigenvalue weighted by Gasteiger charge is -2.31. The van der Waals surface area contributed by atoms with E-state index in [1.54, 1.807) is 0 Å². The SMILES string of the molecule is COC(=O)c1cccc([C@@H]2NC(=O)OCC2(F)F)c1.Cl. The fraction of sp³-hybridized carbons (Fsp3) is 0.333. The molecule has 0 saturated carbocycles. The predicted molar refractivity (Wildman–Crippen MR) is 67.2 cm³/mol. The molecule has 0 radical (unpaired) electrons. The van der Waals surface area contributed by atoms with Crippen LogP contribution in [0.1, 0.15) is 22.0 Å². The Morgan fingerprint density at radius 3 is 2.85 bits per heavy atom. The number of rotatable bonds is 2. The van der Waals surface area contributed by atoms with Crippen molar-refractivity contribution in [1.29, 1.82) is 0 Å². The third-order valence-electron chi connectivity index (χ3n) is 2.72. The summed E-state index contributed by atoms with van der Waals surface area (Å²) in [7, 11) is 1.19. The summed E-state index contributed by atoms with van der Waals surface area (Å²) >= 11 is 0. The summed E-state index contributed by atoms with van der Waals surface area (Å²) in [4.78, 5) is 22.4. The Balaban J connectivity index is 0.00000200. The highest BCUT2D eigenvalue weighted by atomic mass is 35.5. The van der Waals surface area contributed by atoms with Crippen molar-refractivity contribution in [3.05, 3.63) is 35.4 Å². The fourth-order valence-corrected chi connectivity index (χ4v) is 1.80. The van der Waals surface area contributed by atoms with Crippen molar-refractivity contribution in [2.24, 2.45) is 0 Å². The number of halogens is 3. The first-order valence-electron chi connectivity index (χ1n) is 5.43. The predicted octanol–water partition coefficient (Wildman–Crippen LogP) is 2.31. The number of hydrogen-bond donors (Lipinski definition) is 1. The quantitative estimate of drug-likeness (QED) is 0.852. The van der Waals surface area contributed by atoms with Crippen molar-refractivity contribution in [3.8, 4) is 0 Å². The lowest BCUT2D eigenvalue weighted by molar-refractivity contribution is -0.104. The van der Waals surface area contributed by atoms with Gasteiger partial charge in [0.05, 0.1) is 12.7 Å². The number of alkyl carbamates (subject to hydrolysis) is 1. The lowest BCUT2D eigenvalue weighted by atomic mass is 9.98. The highest BCUT2D eigenvalue weighted by Gasteiger charge is 2.46. The number of alkyl halides is 2. The van der Waals surface area contributed by atoms with E-state index >= 15 is 0 Å². The second-order valence-corrected chi connectivity index (χ2v) is 4.03. The van der Waals surface area contributed by atoms with E-state index in [0.717, 1.165) is 0 Å². The molecule has 1 heterocycles. The molecule has 1 amide bonds. The van der Waals surface area contributed by atoms with Crippen LogP contribution >= 0.6 is 12.4 Å². The normalized spacial score (nSPS) is 20.1. The zero-order valence-electron chi connectivity index (χ0n) is 10.4. The highest BCUT2D eigenvalue weighted by molar-refractivity contribution is 5.89. The summed E-state index contributed by atoms with van der Waals surface area (Å²) in [6.07, 6.45) is -0.917. The van der Waals surface area contributed by atoms with E-state index in [2.05, 4.69) is 9.47 Å². The molecule has 0 aliphatic carbocycles. The van der Waals surface area contributed by atoms with E-state index in [-0.39, 0.29) is 23.5 Å². The molecule has 20 heavy (non-hydrogen) atoms. The number of ether oxygens (including phenoxy) is 2. The summed E-state index contributed by atoms with van der Waals surface area (Å²) < 4.78 is 36.1. The maximum absolute atomic E-state index is 13.7. The van der Waals surface area contributed by atoms with Gasteiger partial charge in [-0.3, -0.25) is 0 Å². The molecule has 0 spiro atoms. The second kappa shape index (κ2) is 6.04. The molecule has 1 aromatic carbocycles. The highest BCUT2D eigenvalue weighted by Crippen LogP contribution is 2.34. The summed E-state index contributed by atoms with van der Waals surface area (Å²) in [6, 6.07) is 4.01. The molecule has 1 aliphatic heterocycles. The van der Waals surface area contributed by atoms with Gasteiger partial charge in [0.15, 0.2) is 6.61 Å². The first-order valence-corrected chi connectivity index (χ1v) is 5.43. The molecule has 1 atom stereocenters. The average molecular weight is 308 g/mol. The lowest BCUT2D eigenvalue weighted by Crippen LogP contribution is -2.49. The smallest absolute Gasteiger partial charge is 0.408 e. The van der Waals surface area contributed by atoms with E-state index in [1.807, 2.05) is 5.32 Å². The number of amides is 1. The van der Waals surface area contributed by atoms with Crippen molar-refractivity contribution in [1.82, 2.24) is 5.32 Å². The standard InChI is InChI=1S/C12H11F2NO4.ClH/c1-18-10(16)8-4-2-3-7(5-8)9-12(13,14)6-19-11(17)15-9;/h2-5,9H,6H2,1H3,(H,15,17);1H/t9-;/m0./s1. The van der Waals surface area contributed by atoms with Crippen LogP contribution < -0.4 is 5.32 Å². The second-order valence-electron chi connectivity index (χ2n) is 4.03. The van der Waals surface area contributed by atoms with Crippen molar-refractivity contribution in [3.63, 3.8) is 0 Å². The minimum absolute atomic E-state index is 0. The van der Waals surface area contributed by atoms with Crippen molar-refractivity contribution in [2.75, 3.05) is 13.7 Å². The van der Waals surface area contributed by atoms with Gasteiger partial charge >= 0.3 is 18.0 Å². The molecular weight excluding hydrogens is 296 g/mol. The fourth-order valence-electron chi connectivity index (χ4n) is 1.80. The van der Waals surface area contributed by atoms with Gasteiger partial charge < -0.3 is 14.8 Å². The molecular formula is C12H12ClF2NO4. The molecule has 0 unspecified atom stereocenters. The van der Waals surface area contributed by atoms with Crippen LogP contribution in [0.15, 0.2) is 24.3 Å². The first-order chi connectivity index (χ1) is 8.94. The molecule has 5 nitrogen and oxygen atoms in total. The number of esters is 1. The Hall–Kier alpha value is -1.89. The maximum atomic E-state index is 13.7. The van der Waals surface area contributed by atoms with E-state index in [1.165, 1.54) is 31.4 Å². The van der Waals surface area contributed by atoms with E-state index in [9.17, 15) is 18.4 Å². The molecule has 8 heteroatoms. The average Bonchev–Trinajstić information content (AvgIpc) is 2.41. The van der Waals surface area contributed by atoms with Gasteiger partial charge in [0.25, 0.3) is 0 Å². The Labute approximate surface area is 119 Å². The van der Waals surface area contributed by atoms with Crippen LogP contribution in [0.5, 0.6) is 0 Å². The van der Waals surface area contributed by atoms with Crippen LogP contribution in [0.3, 0.4) is 0 Å². The summed E-state index contributed by atoms with van der Waals surface area (Å²) in [5, 5.41) is 2.04. The molecule has 2 rings (SSSR count). The first kappa shape index (κ1) is 16.2. The van der Waals surface area contributed by atoms with Crippen LogP contribution in [0.2, 0.25) is 0 Å². The molecule has 1 aromatic rings. The van der Waals surface area contributed by atoms with Crippen LogP contribution in [0.25, 0.3) is 0 Å². The maximum Gasteiger partial charge on any atom is 0.408 e. The van der Waals surface area contributed by atoms with Crippen molar-refractivity contribution >= 4 is 24.5 Å². The number of hydrogen-bond acceptors (Lipinski definition) is 4. The van der Waals surface area contributed by atoms with Gasteiger partial charge in [-0.15, -0.1) is 12.4 Å². The van der Waals surface area contributed by atoms with Gasteiger partial charge in [-0.2, -0.15) is 0 Å². The van der Waals surface area contributed by atoms with Gasteiger partial charge in [0.2, 0.25) is 0 Å². The molecule has 1 aliphatic rings. The minimum atomic E-state index is -3.25. The van der Waals surface area contributed by atoms with E-state index in [4.69, 9.17) is 0 Å². The summed E-state index contributed by atoms with van der Waals surface area (Å²) in [5.41, 5.74) is 0.251. The summed E-state index contributed by atoms with van der Waals surface area (Å²) in [5.74, 6) is -3.88. The minimum Gasteiger partial charge on any atom is -0.465 e. The van der Waals surface area contributed by atoms with Crippen LogP contribution in [-0.4, -0.2) is 31.7 Å². The third kappa shape index (κ3) is 3.16. The molecule has 0 bridgehead atoms. The number of cyclic esters (lactones) is 1. The number of carbonyl (C=O) groups excluding carboxylic acids is 2.